The molecule has 0 aromatic carbocycles. The molecule has 1 heterocycles. The maximum atomic E-state index is 9.99. The minimum absolute atomic E-state index is 0.155. The van der Waals surface area contributed by atoms with Crippen molar-refractivity contribution < 1.29 is 5.11 Å². The highest BCUT2D eigenvalue weighted by molar-refractivity contribution is 8.14. The largest absolute Gasteiger partial charge is 0.368 e. The van der Waals surface area contributed by atoms with Gasteiger partial charge in [-0.25, -0.2) is 4.99 Å². The summed E-state index contributed by atoms with van der Waals surface area (Å²) in [6.07, 6.45) is 0. The third kappa shape index (κ3) is 1.59. The molecule has 0 saturated heterocycles. The molecule has 2 nitrogen and oxygen atoms in total. The Hall–Kier alpha value is -0.0200. The molecule has 1 atom stereocenters. The van der Waals surface area contributed by atoms with Crippen LogP contribution in [0.4, 0.5) is 0 Å². The fraction of sp³-hybridized carbons (Fsp3) is 0.875. The average molecular weight is 173 g/mol. The van der Waals surface area contributed by atoms with Crippen LogP contribution >= 0.6 is 11.8 Å². The molecule has 0 aromatic rings. The summed E-state index contributed by atoms with van der Waals surface area (Å²) >= 11 is 1.63. The zero-order chi connectivity index (χ0) is 8.70. The normalized spacial score (nSPS) is 32.3. The van der Waals surface area contributed by atoms with Crippen molar-refractivity contribution in [3.05, 3.63) is 0 Å². The first-order valence-corrected chi connectivity index (χ1v) is 4.75. The van der Waals surface area contributed by atoms with Crippen molar-refractivity contribution in [3.8, 4) is 0 Å². The van der Waals surface area contributed by atoms with Gasteiger partial charge in [0.25, 0.3) is 0 Å². The molecule has 1 N–H and O–H groups in total. The fourth-order valence-corrected chi connectivity index (χ4v) is 2.04. The van der Waals surface area contributed by atoms with E-state index >= 15 is 0 Å². The van der Waals surface area contributed by atoms with Gasteiger partial charge in [0.1, 0.15) is 0 Å². The van der Waals surface area contributed by atoms with Crippen LogP contribution in [-0.2, 0) is 0 Å². The Morgan fingerprint density at radius 2 is 2.09 bits per heavy atom. The molecule has 0 fully saturated rings. The second-order valence-electron chi connectivity index (χ2n) is 3.99. The number of rotatable bonds is 0. The highest BCUT2D eigenvalue weighted by Crippen LogP contribution is 2.39. The van der Waals surface area contributed by atoms with Crippen LogP contribution < -0.4 is 0 Å². The van der Waals surface area contributed by atoms with Crippen molar-refractivity contribution in [2.75, 3.05) is 5.75 Å². The van der Waals surface area contributed by atoms with Gasteiger partial charge in [-0.05, 0) is 6.92 Å². The number of aliphatic hydroxyl groups is 1. The third-order valence-corrected chi connectivity index (χ3v) is 3.08. The van der Waals surface area contributed by atoms with E-state index in [1.54, 1.807) is 11.8 Å². The summed E-state index contributed by atoms with van der Waals surface area (Å²) in [5.74, 6) is 0.697. The third-order valence-electron chi connectivity index (χ3n) is 2.03. The number of thioether (sulfide) groups is 1. The quantitative estimate of drug-likeness (QED) is 0.606. The van der Waals surface area contributed by atoms with E-state index in [0.29, 0.717) is 5.75 Å². The van der Waals surface area contributed by atoms with Gasteiger partial charge in [0, 0.05) is 11.2 Å². The summed E-state index contributed by atoms with van der Waals surface area (Å²) < 4.78 is 0. The number of nitrogens with zero attached hydrogens (tertiary/aromatic N) is 1. The van der Waals surface area contributed by atoms with Gasteiger partial charge in [-0.1, -0.05) is 20.8 Å². The predicted molar refractivity (Wildman–Crippen MR) is 50.0 cm³/mol. The zero-order valence-corrected chi connectivity index (χ0v) is 8.33. The molecule has 1 aliphatic heterocycles. The Bertz CT molecular complexity index is 195. The summed E-state index contributed by atoms with van der Waals surface area (Å²) in [6, 6.07) is 0. The van der Waals surface area contributed by atoms with Crippen molar-refractivity contribution in [2.24, 2.45) is 10.4 Å². The lowest BCUT2D eigenvalue weighted by Crippen LogP contribution is -2.41. The van der Waals surface area contributed by atoms with Crippen LogP contribution in [0.1, 0.15) is 27.7 Å². The number of aliphatic imine (C=N–C) groups is 1. The van der Waals surface area contributed by atoms with Crippen LogP contribution in [0, 0.1) is 5.41 Å². The zero-order valence-electron chi connectivity index (χ0n) is 7.51. The molecular formula is C8H15NOS. The highest BCUT2D eigenvalue weighted by atomic mass is 32.2. The topological polar surface area (TPSA) is 32.6 Å². The molecule has 11 heavy (non-hydrogen) atoms. The molecule has 0 amide bonds. The van der Waals surface area contributed by atoms with Crippen molar-refractivity contribution in [1.82, 2.24) is 0 Å². The fourth-order valence-electron chi connectivity index (χ4n) is 0.914. The van der Waals surface area contributed by atoms with E-state index in [-0.39, 0.29) is 5.41 Å². The van der Waals surface area contributed by atoms with Gasteiger partial charge in [-0.15, -0.1) is 11.8 Å². The molecule has 1 rings (SSSR count). The first kappa shape index (κ1) is 9.07. The van der Waals surface area contributed by atoms with Gasteiger partial charge in [0.15, 0.2) is 5.72 Å². The molecule has 0 radical (unpaired) electrons. The molecular weight excluding hydrogens is 158 g/mol. The van der Waals surface area contributed by atoms with Crippen molar-refractivity contribution in [1.29, 1.82) is 0 Å². The van der Waals surface area contributed by atoms with E-state index in [0.717, 1.165) is 5.04 Å². The van der Waals surface area contributed by atoms with Crippen LogP contribution in [0.25, 0.3) is 0 Å². The van der Waals surface area contributed by atoms with Gasteiger partial charge in [-0.2, -0.15) is 0 Å². The summed E-state index contributed by atoms with van der Waals surface area (Å²) in [6.45, 7) is 7.97. The van der Waals surface area contributed by atoms with Crippen molar-refractivity contribution in [3.63, 3.8) is 0 Å². The molecule has 1 aliphatic rings. The van der Waals surface area contributed by atoms with Crippen LogP contribution in [0.2, 0.25) is 0 Å². The van der Waals surface area contributed by atoms with E-state index in [1.807, 2.05) is 27.7 Å². The second kappa shape index (κ2) is 2.49. The van der Waals surface area contributed by atoms with Crippen molar-refractivity contribution in [2.45, 2.75) is 33.4 Å². The molecule has 3 heteroatoms. The Kier molecular flexibility index (Phi) is 2.05. The number of hydrogen-bond acceptors (Lipinski definition) is 3. The highest BCUT2D eigenvalue weighted by Gasteiger charge is 2.42. The van der Waals surface area contributed by atoms with E-state index < -0.39 is 5.72 Å². The van der Waals surface area contributed by atoms with E-state index in [4.69, 9.17) is 0 Å². The van der Waals surface area contributed by atoms with Gasteiger partial charge in [-0.3, -0.25) is 0 Å². The standard InChI is InChI=1S/C8H15NOS/c1-6-9-8(10,5-11-6)7(2,3)4/h10H,5H2,1-4H3. The smallest absolute Gasteiger partial charge is 0.171 e. The van der Waals surface area contributed by atoms with Gasteiger partial charge in [0.05, 0.1) is 5.04 Å². The van der Waals surface area contributed by atoms with Crippen LogP contribution in [0.15, 0.2) is 4.99 Å². The van der Waals surface area contributed by atoms with Crippen molar-refractivity contribution >= 4 is 16.8 Å². The van der Waals surface area contributed by atoms with Gasteiger partial charge in [0.2, 0.25) is 0 Å². The van der Waals surface area contributed by atoms with Gasteiger partial charge >= 0.3 is 0 Å². The first-order chi connectivity index (χ1) is 4.85. The lowest BCUT2D eigenvalue weighted by atomic mass is 9.85. The Labute approximate surface area is 72.1 Å². The summed E-state index contributed by atoms with van der Waals surface area (Å²) in [7, 11) is 0. The molecule has 0 bridgehead atoms. The lowest BCUT2D eigenvalue weighted by molar-refractivity contribution is -0.0260. The maximum absolute atomic E-state index is 9.99. The monoisotopic (exact) mass is 173 g/mol. The first-order valence-electron chi connectivity index (χ1n) is 3.77. The molecule has 0 aromatic heterocycles. The molecule has 64 valence electrons. The summed E-state index contributed by atoms with van der Waals surface area (Å²) in [5.41, 5.74) is -1.00. The minimum Gasteiger partial charge on any atom is -0.368 e. The van der Waals surface area contributed by atoms with E-state index in [9.17, 15) is 5.11 Å². The summed E-state index contributed by atoms with van der Waals surface area (Å²) in [5, 5.41) is 11.0. The summed E-state index contributed by atoms with van der Waals surface area (Å²) in [4.78, 5) is 4.23. The Balaban J connectivity index is 2.86. The van der Waals surface area contributed by atoms with Gasteiger partial charge < -0.3 is 5.11 Å². The number of hydrogen-bond donors (Lipinski definition) is 1. The molecule has 0 spiro atoms. The lowest BCUT2D eigenvalue weighted by Gasteiger charge is -2.33. The maximum Gasteiger partial charge on any atom is 0.171 e. The average Bonchev–Trinajstić information content (AvgIpc) is 2.10. The SMILES string of the molecule is CC1=NC(O)(C(C)(C)C)CS1. The van der Waals surface area contributed by atoms with Crippen LogP contribution in [-0.4, -0.2) is 21.6 Å². The Morgan fingerprint density at radius 3 is 2.27 bits per heavy atom. The molecule has 0 saturated carbocycles. The Morgan fingerprint density at radius 1 is 1.55 bits per heavy atom. The predicted octanol–water partition coefficient (Wildman–Crippen LogP) is 1.89. The molecule has 1 unspecified atom stereocenters. The van der Waals surface area contributed by atoms with E-state index in [1.165, 1.54) is 0 Å². The second-order valence-corrected chi connectivity index (χ2v) is 5.15. The minimum atomic E-state index is -0.845. The molecule has 0 aliphatic carbocycles. The van der Waals surface area contributed by atoms with Crippen LogP contribution in [0.5, 0.6) is 0 Å². The van der Waals surface area contributed by atoms with E-state index in [2.05, 4.69) is 4.99 Å². The van der Waals surface area contributed by atoms with Crippen LogP contribution in [0.3, 0.4) is 0 Å².